The maximum Gasteiger partial charge on any atom is 0.231 e. The average molecular weight is 425 g/mol. The Bertz CT molecular complexity index is 890. The molecule has 0 amide bonds. The molecular formula is C24H32N4O3. The monoisotopic (exact) mass is 424 g/mol. The van der Waals surface area contributed by atoms with Crippen molar-refractivity contribution >= 4 is 5.96 Å². The summed E-state index contributed by atoms with van der Waals surface area (Å²) >= 11 is 0. The van der Waals surface area contributed by atoms with E-state index in [9.17, 15) is 0 Å². The molecule has 166 valence electrons. The largest absolute Gasteiger partial charge is 0.454 e. The van der Waals surface area contributed by atoms with E-state index in [4.69, 9.17) is 14.2 Å². The van der Waals surface area contributed by atoms with Crippen molar-refractivity contribution in [2.24, 2.45) is 4.99 Å². The minimum atomic E-state index is 0.291. The quantitative estimate of drug-likeness (QED) is 0.549. The van der Waals surface area contributed by atoms with Crippen LogP contribution < -0.4 is 20.1 Å². The fourth-order valence-corrected chi connectivity index (χ4v) is 4.08. The number of morpholine rings is 1. The van der Waals surface area contributed by atoms with Gasteiger partial charge in [-0.2, -0.15) is 0 Å². The Labute approximate surface area is 184 Å². The third kappa shape index (κ3) is 5.89. The van der Waals surface area contributed by atoms with Crippen LogP contribution in [0.2, 0.25) is 0 Å². The van der Waals surface area contributed by atoms with Gasteiger partial charge in [0.25, 0.3) is 0 Å². The van der Waals surface area contributed by atoms with Crippen molar-refractivity contribution in [3.63, 3.8) is 0 Å². The van der Waals surface area contributed by atoms with Crippen molar-refractivity contribution in [2.45, 2.75) is 45.7 Å². The number of fused-ring (bicyclic) bond motifs is 1. The standard InChI is InChI=1S/C24H32N4O3/c1-17-13-28(14-18(2)31-17)15-20-6-4-19(5-7-20)11-26-24(25-3)27-12-21-8-9-22-23(10-21)30-16-29-22/h4-10,17-18H,11-16H2,1-3H3,(H2,25,26,27). The van der Waals surface area contributed by atoms with Crippen LogP contribution in [-0.4, -0.2) is 50.0 Å². The molecular weight excluding hydrogens is 392 g/mol. The molecule has 2 heterocycles. The van der Waals surface area contributed by atoms with Gasteiger partial charge in [0.1, 0.15) is 0 Å². The van der Waals surface area contributed by atoms with Crippen molar-refractivity contribution < 1.29 is 14.2 Å². The number of nitrogens with one attached hydrogen (secondary N) is 2. The van der Waals surface area contributed by atoms with Gasteiger partial charge in [0.2, 0.25) is 6.79 Å². The number of aliphatic imine (C=N–C) groups is 1. The fraction of sp³-hybridized carbons (Fsp3) is 0.458. The second-order valence-corrected chi connectivity index (χ2v) is 8.23. The predicted octanol–water partition coefficient (Wildman–Crippen LogP) is 2.89. The Hall–Kier alpha value is -2.77. The number of hydrogen-bond acceptors (Lipinski definition) is 5. The van der Waals surface area contributed by atoms with Gasteiger partial charge in [-0.05, 0) is 42.7 Å². The first-order chi connectivity index (χ1) is 15.1. The van der Waals surface area contributed by atoms with E-state index >= 15 is 0 Å². The molecule has 2 N–H and O–H groups in total. The Morgan fingerprint density at radius 1 is 0.903 bits per heavy atom. The third-order valence-electron chi connectivity index (χ3n) is 5.50. The molecule has 7 nitrogen and oxygen atoms in total. The lowest BCUT2D eigenvalue weighted by Crippen LogP contribution is -2.44. The molecule has 2 aromatic carbocycles. The normalized spacial score (nSPS) is 21.2. The van der Waals surface area contributed by atoms with Crippen LogP contribution >= 0.6 is 0 Å². The second-order valence-electron chi connectivity index (χ2n) is 8.23. The fourth-order valence-electron chi connectivity index (χ4n) is 4.08. The summed E-state index contributed by atoms with van der Waals surface area (Å²) in [6.07, 6.45) is 0.591. The van der Waals surface area contributed by atoms with Gasteiger partial charge in [-0.1, -0.05) is 30.3 Å². The van der Waals surface area contributed by atoms with Crippen molar-refractivity contribution in [2.75, 3.05) is 26.9 Å². The molecule has 2 aromatic rings. The van der Waals surface area contributed by atoms with Crippen molar-refractivity contribution in [3.8, 4) is 11.5 Å². The number of benzene rings is 2. The van der Waals surface area contributed by atoms with E-state index in [1.807, 2.05) is 18.2 Å². The van der Waals surface area contributed by atoms with Gasteiger partial charge >= 0.3 is 0 Å². The molecule has 2 atom stereocenters. The number of hydrogen-bond donors (Lipinski definition) is 2. The van der Waals surface area contributed by atoms with Gasteiger partial charge in [0.05, 0.1) is 12.2 Å². The van der Waals surface area contributed by atoms with E-state index in [0.717, 1.165) is 42.7 Å². The van der Waals surface area contributed by atoms with E-state index in [0.29, 0.717) is 32.1 Å². The molecule has 1 saturated heterocycles. The molecule has 2 aliphatic heterocycles. The lowest BCUT2D eigenvalue weighted by molar-refractivity contribution is -0.0704. The van der Waals surface area contributed by atoms with E-state index in [1.165, 1.54) is 11.1 Å². The molecule has 0 aliphatic carbocycles. The summed E-state index contributed by atoms with van der Waals surface area (Å²) in [6, 6.07) is 14.8. The topological polar surface area (TPSA) is 67.4 Å². The average Bonchev–Trinajstić information content (AvgIpc) is 3.22. The smallest absolute Gasteiger partial charge is 0.231 e. The van der Waals surface area contributed by atoms with Crippen molar-refractivity contribution in [1.29, 1.82) is 0 Å². The van der Waals surface area contributed by atoms with E-state index in [-0.39, 0.29) is 0 Å². The number of guanidine groups is 1. The van der Waals surface area contributed by atoms with Crippen LogP contribution in [0.25, 0.3) is 0 Å². The summed E-state index contributed by atoms with van der Waals surface area (Å²) in [6.45, 7) is 8.88. The lowest BCUT2D eigenvalue weighted by atomic mass is 10.1. The molecule has 0 saturated carbocycles. The van der Waals surface area contributed by atoms with Crippen LogP contribution in [0, 0.1) is 0 Å². The molecule has 4 rings (SSSR count). The highest BCUT2D eigenvalue weighted by molar-refractivity contribution is 5.79. The van der Waals surface area contributed by atoms with Gasteiger partial charge in [0.15, 0.2) is 17.5 Å². The Balaban J connectivity index is 1.24. The summed E-state index contributed by atoms with van der Waals surface area (Å²) in [5.41, 5.74) is 3.66. The van der Waals surface area contributed by atoms with Gasteiger partial charge in [-0.25, -0.2) is 0 Å². The summed E-state index contributed by atoms with van der Waals surface area (Å²) < 4.78 is 16.6. The van der Waals surface area contributed by atoms with Gasteiger partial charge in [-0.15, -0.1) is 0 Å². The minimum absolute atomic E-state index is 0.291. The van der Waals surface area contributed by atoms with Crippen LogP contribution in [-0.2, 0) is 24.4 Å². The molecule has 0 spiro atoms. The second kappa shape index (κ2) is 10.0. The summed E-state index contributed by atoms with van der Waals surface area (Å²) in [4.78, 5) is 6.79. The van der Waals surface area contributed by atoms with Crippen LogP contribution in [0.5, 0.6) is 11.5 Å². The summed E-state index contributed by atoms with van der Waals surface area (Å²) in [5, 5.41) is 6.72. The summed E-state index contributed by atoms with van der Waals surface area (Å²) in [5.74, 6) is 2.36. The zero-order valence-corrected chi connectivity index (χ0v) is 18.6. The SMILES string of the molecule is CN=C(NCc1ccc(CN2CC(C)OC(C)C2)cc1)NCc1ccc2c(c1)OCO2. The molecule has 0 radical (unpaired) electrons. The number of nitrogens with zero attached hydrogens (tertiary/aromatic N) is 2. The van der Waals surface area contributed by atoms with Crippen LogP contribution in [0.15, 0.2) is 47.5 Å². The maximum atomic E-state index is 5.83. The van der Waals surface area contributed by atoms with Crippen LogP contribution in [0.1, 0.15) is 30.5 Å². The molecule has 0 aromatic heterocycles. The molecule has 0 bridgehead atoms. The molecule has 2 aliphatic rings. The maximum absolute atomic E-state index is 5.83. The molecule has 7 heteroatoms. The molecule has 31 heavy (non-hydrogen) atoms. The van der Waals surface area contributed by atoms with E-state index < -0.39 is 0 Å². The predicted molar refractivity (Wildman–Crippen MR) is 121 cm³/mol. The van der Waals surface area contributed by atoms with Gasteiger partial charge in [-0.3, -0.25) is 9.89 Å². The summed E-state index contributed by atoms with van der Waals surface area (Å²) in [7, 11) is 1.78. The van der Waals surface area contributed by atoms with Crippen LogP contribution in [0.4, 0.5) is 0 Å². The Kier molecular flexibility index (Phi) is 6.94. The zero-order chi connectivity index (χ0) is 21.6. The zero-order valence-electron chi connectivity index (χ0n) is 18.6. The lowest BCUT2D eigenvalue weighted by Gasteiger charge is -2.35. The molecule has 1 fully saturated rings. The Morgan fingerprint density at radius 3 is 2.23 bits per heavy atom. The third-order valence-corrected chi connectivity index (χ3v) is 5.50. The molecule has 2 unspecified atom stereocenters. The van der Waals surface area contributed by atoms with Gasteiger partial charge in [0, 0.05) is 39.8 Å². The highest BCUT2D eigenvalue weighted by Crippen LogP contribution is 2.32. The van der Waals surface area contributed by atoms with Crippen LogP contribution in [0.3, 0.4) is 0 Å². The first-order valence-electron chi connectivity index (χ1n) is 10.9. The highest BCUT2D eigenvalue weighted by Gasteiger charge is 2.22. The highest BCUT2D eigenvalue weighted by atomic mass is 16.7. The number of ether oxygens (including phenoxy) is 3. The van der Waals surface area contributed by atoms with Crippen molar-refractivity contribution in [3.05, 3.63) is 59.2 Å². The number of rotatable bonds is 6. The minimum Gasteiger partial charge on any atom is -0.454 e. The Morgan fingerprint density at radius 2 is 1.52 bits per heavy atom. The van der Waals surface area contributed by atoms with E-state index in [1.54, 1.807) is 7.05 Å². The van der Waals surface area contributed by atoms with Gasteiger partial charge < -0.3 is 24.8 Å². The first kappa shape index (κ1) is 21.5. The van der Waals surface area contributed by atoms with Crippen molar-refractivity contribution in [1.82, 2.24) is 15.5 Å². The van der Waals surface area contributed by atoms with E-state index in [2.05, 4.69) is 58.6 Å². The first-order valence-corrected chi connectivity index (χ1v) is 10.9.